The van der Waals surface area contributed by atoms with Gasteiger partial charge >= 0.3 is 0 Å². The van der Waals surface area contributed by atoms with Crippen molar-refractivity contribution in [3.05, 3.63) is 57.9 Å². The van der Waals surface area contributed by atoms with Crippen LogP contribution in [-0.4, -0.2) is 16.8 Å². The second-order valence-corrected chi connectivity index (χ2v) is 6.07. The molecule has 0 bridgehead atoms. The Balaban J connectivity index is 1.88. The maximum atomic E-state index is 12.3. The van der Waals surface area contributed by atoms with E-state index in [0.29, 0.717) is 16.1 Å². The maximum Gasteiger partial charge on any atom is 0.258 e. The molecule has 3 rings (SSSR count). The van der Waals surface area contributed by atoms with Gasteiger partial charge in [-0.3, -0.25) is 14.6 Å². The van der Waals surface area contributed by atoms with Gasteiger partial charge in [-0.25, -0.2) is 0 Å². The van der Waals surface area contributed by atoms with Crippen LogP contribution in [0.1, 0.15) is 24.9 Å². The number of rotatable bonds is 3. The Bertz CT molecular complexity index is 886. The van der Waals surface area contributed by atoms with E-state index in [1.807, 2.05) is 19.1 Å². The fourth-order valence-electron chi connectivity index (χ4n) is 2.14. The zero-order chi connectivity index (χ0) is 15.7. The molecule has 0 aliphatic rings. The highest BCUT2D eigenvalue weighted by atomic mass is 32.1. The van der Waals surface area contributed by atoms with E-state index in [-0.39, 0.29) is 5.91 Å². The van der Waals surface area contributed by atoms with Crippen molar-refractivity contribution in [2.45, 2.75) is 6.92 Å². The van der Waals surface area contributed by atoms with Gasteiger partial charge < -0.3 is 11.1 Å². The second kappa shape index (κ2) is 5.57. The number of benzene rings is 1. The number of nitrogens with one attached hydrogen (secondary N) is 1. The highest BCUT2D eigenvalue weighted by Gasteiger charge is 2.13. The molecule has 0 saturated heterocycles. The van der Waals surface area contributed by atoms with Gasteiger partial charge in [0.05, 0.1) is 16.1 Å². The van der Waals surface area contributed by atoms with E-state index in [1.165, 1.54) is 11.3 Å². The van der Waals surface area contributed by atoms with Crippen LogP contribution in [0.3, 0.4) is 0 Å². The first-order chi connectivity index (χ1) is 10.5. The molecule has 0 fully saturated rings. The molecule has 5 nitrogen and oxygen atoms in total. The number of carbonyl (C=O) groups is 2. The molecule has 6 heteroatoms. The third-order valence-electron chi connectivity index (χ3n) is 3.27. The van der Waals surface area contributed by atoms with Crippen molar-refractivity contribution in [1.82, 2.24) is 4.98 Å². The van der Waals surface area contributed by atoms with Crippen molar-refractivity contribution in [1.29, 1.82) is 0 Å². The molecular weight excluding hydrogens is 298 g/mol. The van der Waals surface area contributed by atoms with E-state index in [2.05, 4.69) is 10.3 Å². The lowest BCUT2D eigenvalue weighted by Crippen LogP contribution is -2.12. The minimum Gasteiger partial charge on any atom is -0.365 e. The van der Waals surface area contributed by atoms with Crippen LogP contribution in [0.2, 0.25) is 0 Å². The highest BCUT2D eigenvalue weighted by Crippen LogP contribution is 2.26. The fourth-order valence-corrected chi connectivity index (χ4v) is 2.97. The fraction of sp³-hybridized carbons (Fsp3) is 0.0625. The largest absolute Gasteiger partial charge is 0.365 e. The normalized spacial score (nSPS) is 10.6. The van der Waals surface area contributed by atoms with Crippen molar-refractivity contribution in [3.63, 3.8) is 0 Å². The summed E-state index contributed by atoms with van der Waals surface area (Å²) in [6, 6.07) is 10.6. The second-order valence-electron chi connectivity index (χ2n) is 4.81. The molecule has 0 aliphatic carbocycles. The average molecular weight is 311 g/mol. The number of amides is 2. The van der Waals surface area contributed by atoms with Gasteiger partial charge in [-0.05, 0) is 37.3 Å². The number of nitrogens with two attached hydrogens (primary N) is 1. The van der Waals surface area contributed by atoms with E-state index >= 15 is 0 Å². The van der Waals surface area contributed by atoms with Gasteiger partial charge in [-0.2, -0.15) is 0 Å². The SMILES string of the molecule is Cc1sc(C(N)=O)cc1NC(=O)c1ccc2ncccc2c1. The summed E-state index contributed by atoms with van der Waals surface area (Å²) in [4.78, 5) is 29.0. The lowest BCUT2D eigenvalue weighted by atomic mass is 10.1. The minimum absolute atomic E-state index is 0.234. The first-order valence-electron chi connectivity index (χ1n) is 6.61. The molecule has 0 radical (unpaired) electrons. The van der Waals surface area contributed by atoms with Gasteiger partial charge in [0.15, 0.2) is 0 Å². The van der Waals surface area contributed by atoms with Gasteiger partial charge in [-0.15, -0.1) is 11.3 Å². The van der Waals surface area contributed by atoms with Crippen LogP contribution >= 0.6 is 11.3 Å². The van der Waals surface area contributed by atoms with Gasteiger partial charge in [0.2, 0.25) is 0 Å². The van der Waals surface area contributed by atoms with Crippen LogP contribution in [0, 0.1) is 6.92 Å². The third-order valence-corrected chi connectivity index (χ3v) is 4.34. The molecule has 3 N–H and O–H groups in total. The van der Waals surface area contributed by atoms with Crippen LogP contribution in [0.15, 0.2) is 42.6 Å². The lowest BCUT2D eigenvalue weighted by molar-refractivity contribution is 0.0999. The Hall–Kier alpha value is -2.73. The van der Waals surface area contributed by atoms with E-state index in [9.17, 15) is 9.59 Å². The number of carbonyl (C=O) groups excluding carboxylic acids is 2. The molecule has 0 aliphatic heterocycles. The van der Waals surface area contributed by atoms with Crippen molar-refractivity contribution in [3.8, 4) is 0 Å². The molecule has 22 heavy (non-hydrogen) atoms. The minimum atomic E-state index is -0.495. The summed E-state index contributed by atoms with van der Waals surface area (Å²) in [6.07, 6.45) is 1.71. The van der Waals surface area contributed by atoms with Crippen LogP contribution < -0.4 is 11.1 Å². The smallest absolute Gasteiger partial charge is 0.258 e. The molecule has 2 heterocycles. The van der Waals surface area contributed by atoms with E-state index < -0.39 is 5.91 Å². The molecule has 0 spiro atoms. The summed E-state index contributed by atoms with van der Waals surface area (Å²) >= 11 is 1.26. The van der Waals surface area contributed by atoms with E-state index in [1.54, 1.807) is 30.5 Å². The molecule has 1 aromatic carbocycles. The summed E-state index contributed by atoms with van der Waals surface area (Å²) in [7, 11) is 0. The summed E-state index contributed by atoms with van der Waals surface area (Å²) in [5.74, 6) is -0.729. The monoisotopic (exact) mass is 311 g/mol. The summed E-state index contributed by atoms with van der Waals surface area (Å²) in [6.45, 7) is 1.83. The first-order valence-corrected chi connectivity index (χ1v) is 7.42. The molecule has 0 unspecified atom stereocenters. The number of thiophene rings is 1. The predicted octanol–water partition coefficient (Wildman–Crippen LogP) is 2.96. The van der Waals surface area contributed by atoms with Crippen molar-refractivity contribution in [2.75, 3.05) is 5.32 Å². The highest BCUT2D eigenvalue weighted by molar-refractivity contribution is 7.14. The lowest BCUT2D eigenvalue weighted by Gasteiger charge is -2.05. The Morgan fingerprint density at radius 1 is 1.23 bits per heavy atom. The van der Waals surface area contributed by atoms with E-state index in [4.69, 9.17) is 5.73 Å². The number of fused-ring (bicyclic) bond motifs is 1. The number of primary amides is 1. The molecular formula is C16H13N3O2S. The molecule has 2 amide bonds. The number of pyridine rings is 1. The number of hydrogen-bond acceptors (Lipinski definition) is 4. The van der Waals surface area contributed by atoms with Gasteiger partial charge in [0.25, 0.3) is 11.8 Å². The summed E-state index contributed by atoms with van der Waals surface area (Å²) in [5.41, 5.74) is 7.23. The number of aryl methyl sites for hydroxylation is 1. The van der Waals surface area contributed by atoms with Crippen LogP contribution in [-0.2, 0) is 0 Å². The Kier molecular flexibility index (Phi) is 3.60. The van der Waals surface area contributed by atoms with Crippen LogP contribution in [0.5, 0.6) is 0 Å². The predicted molar refractivity (Wildman–Crippen MR) is 87.3 cm³/mol. The number of anilines is 1. The Morgan fingerprint density at radius 2 is 2.05 bits per heavy atom. The van der Waals surface area contributed by atoms with Crippen molar-refractivity contribution < 1.29 is 9.59 Å². The zero-order valence-electron chi connectivity index (χ0n) is 11.8. The molecule has 0 atom stereocenters. The van der Waals surface area contributed by atoms with Crippen LogP contribution in [0.25, 0.3) is 10.9 Å². The molecule has 2 aromatic heterocycles. The van der Waals surface area contributed by atoms with E-state index in [0.717, 1.165) is 15.8 Å². The summed E-state index contributed by atoms with van der Waals surface area (Å²) < 4.78 is 0. The molecule has 0 saturated carbocycles. The summed E-state index contributed by atoms with van der Waals surface area (Å²) in [5, 5.41) is 3.71. The van der Waals surface area contributed by atoms with Crippen LogP contribution in [0.4, 0.5) is 5.69 Å². The average Bonchev–Trinajstić information content (AvgIpc) is 2.88. The zero-order valence-corrected chi connectivity index (χ0v) is 12.6. The van der Waals surface area contributed by atoms with Crippen molar-refractivity contribution in [2.24, 2.45) is 5.73 Å². The number of aromatic nitrogens is 1. The topological polar surface area (TPSA) is 85.1 Å². The van der Waals surface area contributed by atoms with Gasteiger partial charge in [-0.1, -0.05) is 6.07 Å². The standard InChI is InChI=1S/C16H13N3O2S/c1-9-13(8-14(22-9)15(17)20)19-16(21)11-4-5-12-10(7-11)3-2-6-18-12/h2-8H,1H3,(H2,17,20)(H,19,21). The molecule has 110 valence electrons. The Morgan fingerprint density at radius 3 is 2.77 bits per heavy atom. The first kappa shape index (κ1) is 14.2. The van der Waals surface area contributed by atoms with Crippen molar-refractivity contribution >= 4 is 39.7 Å². The van der Waals surface area contributed by atoms with Gasteiger partial charge in [0.1, 0.15) is 0 Å². The number of hydrogen-bond donors (Lipinski definition) is 2. The quantitative estimate of drug-likeness (QED) is 0.780. The van der Waals surface area contributed by atoms with Gasteiger partial charge in [0, 0.05) is 22.0 Å². The third kappa shape index (κ3) is 2.68. The Labute approximate surface area is 130 Å². The molecule has 3 aromatic rings. The maximum absolute atomic E-state index is 12.3. The number of nitrogens with zero attached hydrogens (tertiary/aromatic N) is 1.